The van der Waals surface area contributed by atoms with Gasteiger partial charge in [0.15, 0.2) is 5.82 Å². The highest BCUT2D eigenvalue weighted by Crippen LogP contribution is 2.16. The van der Waals surface area contributed by atoms with Gasteiger partial charge in [0.25, 0.3) is 0 Å². The van der Waals surface area contributed by atoms with Gasteiger partial charge in [0, 0.05) is 0 Å². The minimum Gasteiger partial charge on any atom is -0.497 e. The van der Waals surface area contributed by atoms with E-state index in [2.05, 4.69) is 4.98 Å². The molecular weight excluding hydrogens is 204 g/mol. The number of hydrogen-bond acceptors (Lipinski definition) is 4. The third-order valence-corrected chi connectivity index (χ3v) is 2.42. The standard InChI is InChI=1S/C11H14N4O/c1-16-9-4-2-8(3-5-9)6-15-7-14-10(12)11(15)13/h2-5,7H,6,12-13H2,1H3. The van der Waals surface area contributed by atoms with Gasteiger partial charge in [-0.05, 0) is 17.7 Å². The molecule has 84 valence electrons. The lowest BCUT2D eigenvalue weighted by Gasteiger charge is -2.06. The average molecular weight is 218 g/mol. The zero-order valence-corrected chi connectivity index (χ0v) is 9.05. The molecule has 5 nitrogen and oxygen atoms in total. The molecule has 0 spiro atoms. The molecule has 0 aliphatic carbocycles. The molecule has 0 amide bonds. The van der Waals surface area contributed by atoms with Crippen LogP contribution in [0.3, 0.4) is 0 Å². The van der Waals surface area contributed by atoms with Crippen LogP contribution in [0, 0.1) is 0 Å². The largest absolute Gasteiger partial charge is 0.497 e. The Morgan fingerprint density at radius 2 is 1.94 bits per heavy atom. The lowest BCUT2D eigenvalue weighted by atomic mass is 10.2. The Balaban J connectivity index is 2.17. The molecule has 1 aromatic carbocycles. The summed E-state index contributed by atoms with van der Waals surface area (Å²) in [5, 5.41) is 0. The van der Waals surface area contributed by atoms with Crippen LogP contribution in [0.1, 0.15) is 5.56 Å². The number of nitrogens with zero attached hydrogens (tertiary/aromatic N) is 2. The second-order valence-corrected chi connectivity index (χ2v) is 3.49. The van der Waals surface area contributed by atoms with Crippen LogP contribution >= 0.6 is 0 Å². The third-order valence-electron chi connectivity index (χ3n) is 2.42. The molecule has 0 radical (unpaired) electrons. The highest BCUT2D eigenvalue weighted by molar-refractivity contribution is 5.53. The summed E-state index contributed by atoms with van der Waals surface area (Å²) in [6, 6.07) is 7.78. The molecule has 0 saturated carbocycles. The number of aromatic nitrogens is 2. The Morgan fingerprint density at radius 3 is 2.44 bits per heavy atom. The van der Waals surface area contributed by atoms with Crippen molar-refractivity contribution < 1.29 is 4.74 Å². The first-order valence-electron chi connectivity index (χ1n) is 4.89. The topological polar surface area (TPSA) is 79.1 Å². The van der Waals surface area contributed by atoms with Gasteiger partial charge in [0.2, 0.25) is 0 Å². The van der Waals surface area contributed by atoms with Gasteiger partial charge in [-0.1, -0.05) is 12.1 Å². The summed E-state index contributed by atoms with van der Waals surface area (Å²) in [7, 11) is 1.64. The molecular formula is C11H14N4O. The maximum absolute atomic E-state index is 5.76. The van der Waals surface area contributed by atoms with Crippen molar-refractivity contribution in [3.63, 3.8) is 0 Å². The number of hydrogen-bond donors (Lipinski definition) is 2. The summed E-state index contributed by atoms with van der Waals surface area (Å²) in [6.45, 7) is 0.653. The van der Waals surface area contributed by atoms with Crippen molar-refractivity contribution in [3.05, 3.63) is 36.2 Å². The van der Waals surface area contributed by atoms with Gasteiger partial charge in [0.1, 0.15) is 11.6 Å². The van der Waals surface area contributed by atoms with Crippen LogP contribution in [0.5, 0.6) is 5.75 Å². The molecule has 1 heterocycles. The van der Waals surface area contributed by atoms with E-state index in [0.29, 0.717) is 18.2 Å². The Hall–Kier alpha value is -2.17. The molecule has 5 heteroatoms. The summed E-state index contributed by atoms with van der Waals surface area (Å²) in [5.74, 6) is 1.70. The molecule has 1 aromatic heterocycles. The first-order chi connectivity index (χ1) is 7.70. The van der Waals surface area contributed by atoms with E-state index >= 15 is 0 Å². The van der Waals surface area contributed by atoms with Gasteiger partial charge < -0.3 is 20.8 Å². The minimum atomic E-state index is 0.369. The fourth-order valence-corrected chi connectivity index (χ4v) is 1.46. The Bertz CT molecular complexity index is 475. The van der Waals surface area contributed by atoms with E-state index in [0.717, 1.165) is 11.3 Å². The van der Waals surface area contributed by atoms with E-state index in [-0.39, 0.29) is 0 Å². The van der Waals surface area contributed by atoms with E-state index in [1.54, 1.807) is 18.0 Å². The molecule has 0 unspecified atom stereocenters. The lowest BCUT2D eigenvalue weighted by Crippen LogP contribution is -2.04. The van der Waals surface area contributed by atoms with Crippen LogP contribution in [-0.2, 0) is 6.54 Å². The van der Waals surface area contributed by atoms with Gasteiger partial charge >= 0.3 is 0 Å². The summed E-state index contributed by atoms with van der Waals surface area (Å²) >= 11 is 0. The monoisotopic (exact) mass is 218 g/mol. The fraction of sp³-hybridized carbons (Fsp3) is 0.182. The van der Waals surface area contributed by atoms with E-state index in [4.69, 9.17) is 16.2 Å². The van der Waals surface area contributed by atoms with Crippen molar-refractivity contribution in [1.82, 2.24) is 9.55 Å². The molecule has 4 N–H and O–H groups in total. The highest BCUT2D eigenvalue weighted by Gasteiger charge is 2.04. The molecule has 0 fully saturated rings. The van der Waals surface area contributed by atoms with Gasteiger partial charge in [-0.25, -0.2) is 4.98 Å². The number of nitrogens with two attached hydrogens (primary N) is 2. The summed E-state index contributed by atoms with van der Waals surface area (Å²) in [6.07, 6.45) is 1.63. The Labute approximate surface area is 93.7 Å². The van der Waals surface area contributed by atoms with Crippen LogP contribution in [0.25, 0.3) is 0 Å². The van der Waals surface area contributed by atoms with Crippen molar-refractivity contribution in [2.24, 2.45) is 0 Å². The van der Waals surface area contributed by atoms with Crippen molar-refractivity contribution in [2.75, 3.05) is 18.6 Å². The normalized spacial score (nSPS) is 10.3. The Morgan fingerprint density at radius 1 is 1.25 bits per heavy atom. The molecule has 2 rings (SSSR count). The van der Waals surface area contributed by atoms with Gasteiger partial charge in [-0.3, -0.25) is 0 Å². The molecule has 16 heavy (non-hydrogen) atoms. The Kier molecular flexibility index (Phi) is 2.68. The summed E-state index contributed by atoms with van der Waals surface area (Å²) in [5.41, 5.74) is 12.4. The molecule has 0 bridgehead atoms. The molecule has 0 atom stereocenters. The average Bonchev–Trinajstić information content (AvgIpc) is 2.62. The number of anilines is 2. The summed E-state index contributed by atoms with van der Waals surface area (Å²) < 4.78 is 6.89. The number of imidazole rings is 1. The number of nitrogen functional groups attached to an aromatic ring is 2. The predicted molar refractivity (Wildman–Crippen MR) is 63.1 cm³/mol. The van der Waals surface area contributed by atoms with Crippen molar-refractivity contribution in [2.45, 2.75) is 6.54 Å². The quantitative estimate of drug-likeness (QED) is 0.808. The highest BCUT2D eigenvalue weighted by atomic mass is 16.5. The fourth-order valence-electron chi connectivity index (χ4n) is 1.46. The zero-order valence-electron chi connectivity index (χ0n) is 9.05. The van der Waals surface area contributed by atoms with E-state index in [1.807, 2.05) is 24.3 Å². The lowest BCUT2D eigenvalue weighted by molar-refractivity contribution is 0.414. The predicted octanol–water partition coefficient (Wildman–Crippen LogP) is 1.10. The molecule has 0 saturated heterocycles. The number of rotatable bonds is 3. The second kappa shape index (κ2) is 4.14. The van der Waals surface area contributed by atoms with E-state index < -0.39 is 0 Å². The number of benzene rings is 1. The molecule has 0 aliphatic rings. The van der Waals surface area contributed by atoms with E-state index in [1.165, 1.54) is 0 Å². The smallest absolute Gasteiger partial charge is 0.166 e. The van der Waals surface area contributed by atoms with Gasteiger partial charge in [0.05, 0.1) is 20.0 Å². The third kappa shape index (κ3) is 1.93. The zero-order chi connectivity index (χ0) is 11.5. The molecule has 0 aliphatic heterocycles. The summed E-state index contributed by atoms with van der Waals surface area (Å²) in [4.78, 5) is 3.94. The van der Waals surface area contributed by atoms with Crippen molar-refractivity contribution in [1.29, 1.82) is 0 Å². The second-order valence-electron chi connectivity index (χ2n) is 3.49. The number of methoxy groups -OCH3 is 1. The maximum atomic E-state index is 5.76. The first kappa shape index (κ1) is 10.4. The van der Waals surface area contributed by atoms with Gasteiger partial charge in [-0.15, -0.1) is 0 Å². The van der Waals surface area contributed by atoms with Crippen LogP contribution < -0.4 is 16.2 Å². The van der Waals surface area contributed by atoms with Crippen LogP contribution in [-0.4, -0.2) is 16.7 Å². The van der Waals surface area contributed by atoms with Gasteiger partial charge in [-0.2, -0.15) is 0 Å². The first-order valence-corrected chi connectivity index (χ1v) is 4.89. The van der Waals surface area contributed by atoms with Crippen LogP contribution in [0.4, 0.5) is 11.6 Å². The van der Waals surface area contributed by atoms with E-state index in [9.17, 15) is 0 Å². The number of ether oxygens (including phenoxy) is 1. The maximum Gasteiger partial charge on any atom is 0.166 e. The van der Waals surface area contributed by atoms with Crippen molar-refractivity contribution >= 4 is 11.6 Å². The molecule has 2 aromatic rings. The SMILES string of the molecule is COc1ccc(Cn2cnc(N)c2N)cc1. The minimum absolute atomic E-state index is 0.369. The van der Waals surface area contributed by atoms with Crippen molar-refractivity contribution in [3.8, 4) is 5.75 Å². The van der Waals surface area contributed by atoms with Crippen LogP contribution in [0.2, 0.25) is 0 Å². The van der Waals surface area contributed by atoms with Crippen LogP contribution in [0.15, 0.2) is 30.6 Å².